The number of esters is 1. The van der Waals surface area contributed by atoms with Crippen LogP contribution in [0.25, 0.3) is 6.08 Å². The Morgan fingerprint density at radius 2 is 2.00 bits per heavy atom. The number of halogens is 1. The lowest BCUT2D eigenvalue weighted by atomic mass is 10.1. The molecular weight excluding hydrogens is 504 g/mol. The molecule has 0 saturated carbocycles. The molecule has 0 spiro atoms. The lowest BCUT2D eigenvalue weighted by molar-refractivity contribution is -0.144. The van der Waals surface area contributed by atoms with Crippen molar-refractivity contribution in [2.45, 2.75) is 19.6 Å². The summed E-state index contributed by atoms with van der Waals surface area (Å²) < 4.78 is 21.3. The first kappa shape index (κ1) is 23.9. The Bertz CT molecular complexity index is 1150. The van der Waals surface area contributed by atoms with Gasteiger partial charge in [0.15, 0.2) is 17.6 Å². The molecule has 11 nitrogen and oxygen atoms in total. The van der Waals surface area contributed by atoms with Gasteiger partial charge in [-0.2, -0.15) is 0 Å². The molecule has 1 saturated heterocycles. The summed E-state index contributed by atoms with van der Waals surface area (Å²) in [5, 5.41) is 11.7. The first-order valence-electron chi connectivity index (χ1n) is 9.43. The molecule has 1 aromatic carbocycles. The third-order valence-electron chi connectivity index (χ3n) is 4.53. The Kier molecular flexibility index (Phi) is 7.07. The van der Waals surface area contributed by atoms with E-state index < -0.39 is 30.0 Å². The number of hydrogen-bond acceptors (Lipinski definition) is 8. The molecule has 0 unspecified atom stereocenters. The monoisotopic (exact) mass is 522 g/mol. The second-order valence-corrected chi connectivity index (χ2v) is 7.68. The number of urea groups is 1. The largest absolute Gasteiger partial charge is 0.493 e. The molecule has 0 bridgehead atoms. The van der Waals surface area contributed by atoms with Gasteiger partial charge in [-0.25, -0.2) is 14.4 Å². The molecule has 1 fully saturated rings. The fourth-order valence-electron chi connectivity index (χ4n) is 2.90. The number of methoxy groups -OCH3 is 2. The number of imide groups is 1. The zero-order valence-electron chi connectivity index (χ0n) is 17.7. The molecule has 0 radical (unpaired) electrons. The Labute approximate surface area is 196 Å². The molecule has 2 N–H and O–H groups in total. The van der Waals surface area contributed by atoms with E-state index in [1.54, 1.807) is 12.1 Å². The van der Waals surface area contributed by atoms with Crippen LogP contribution in [0.2, 0.25) is 0 Å². The number of carboxylic acid groups (broad SMARTS) is 1. The molecule has 3 amide bonds. The number of benzene rings is 1. The van der Waals surface area contributed by atoms with Crippen LogP contribution >= 0.6 is 15.9 Å². The van der Waals surface area contributed by atoms with E-state index in [0.29, 0.717) is 10.0 Å². The summed E-state index contributed by atoms with van der Waals surface area (Å²) in [5.74, 6) is -2.10. The van der Waals surface area contributed by atoms with E-state index in [1.807, 2.05) is 0 Å². The normalized spacial score (nSPS) is 15.4. The highest BCUT2D eigenvalue weighted by Gasteiger charge is 2.35. The molecule has 1 atom stereocenters. The summed E-state index contributed by atoms with van der Waals surface area (Å²) in [6.07, 6.45) is 0.143. The van der Waals surface area contributed by atoms with Gasteiger partial charge < -0.3 is 29.1 Å². The molecule has 2 heterocycles. The van der Waals surface area contributed by atoms with Crippen LogP contribution in [0.3, 0.4) is 0 Å². The number of aliphatic carboxylic acids is 1. The van der Waals surface area contributed by atoms with Crippen LogP contribution in [0.1, 0.15) is 28.8 Å². The molecule has 0 aliphatic carbocycles. The fraction of sp³-hybridized carbons (Fsp3) is 0.238. The molecule has 2 aromatic rings. The van der Waals surface area contributed by atoms with Gasteiger partial charge in [0.05, 0.1) is 20.8 Å². The van der Waals surface area contributed by atoms with Crippen LogP contribution in [0.5, 0.6) is 11.5 Å². The average molecular weight is 523 g/mol. The summed E-state index contributed by atoms with van der Waals surface area (Å²) in [7, 11) is 2.58. The van der Waals surface area contributed by atoms with Crippen LogP contribution < -0.4 is 14.8 Å². The van der Waals surface area contributed by atoms with Crippen LogP contribution in [0, 0.1) is 0 Å². The second kappa shape index (κ2) is 9.77. The zero-order valence-corrected chi connectivity index (χ0v) is 19.3. The number of nitrogens with one attached hydrogen (secondary N) is 1. The van der Waals surface area contributed by atoms with Crippen LogP contribution in [-0.4, -0.2) is 54.2 Å². The van der Waals surface area contributed by atoms with Crippen molar-refractivity contribution in [3.05, 3.63) is 51.5 Å². The van der Waals surface area contributed by atoms with Gasteiger partial charge in [0.1, 0.15) is 11.5 Å². The number of amides is 3. The van der Waals surface area contributed by atoms with E-state index in [1.165, 1.54) is 39.4 Å². The molecular formula is C21H19BrN2O9. The third-order valence-corrected chi connectivity index (χ3v) is 4.99. The van der Waals surface area contributed by atoms with E-state index in [4.69, 9.17) is 13.9 Å². The maximum Gasteiger partial charge on any atom is 0.373 e. The van der Waals surface area contributed by atoms with Gasteiger partial charge in [-0.05, 0) is 37.3 Å². The van der Waals surface area contributed by atoms with Crippen molar-refractivity contribution < 1.29 is 42.9 Å². The minimum absolute atomic E-state index is 0.0640. The first-order valence-corrected chi connectivity index (χ1v) is 10.2. The standard InChI is InChI=1S/C21H19BrN2O9/c1-10(19(26)27)32-17-11(6-12(22)8-16(17)30-2)7-14-18(25)24(21(29)23-14)9-13-4-5-15(33-13)20(28)31-3/h4-8,10H,9H2,1-3H3,(H,23,29)(H,26,27)/b14-7-/t10-/m1/s1. The highest BCUT2D eigenvalue weighted by molar-refractivity contribution is 9.10. The Hall–Kier alpha value is -3.80. The molecule has 12 heteroatoms. The van der Waals surface area contributed by atoms with Crippen molar-refractivity contribution in [1.29, 1.82) is 0 Å². The number of furan rings is 1. The molecule has 33 heavy (non-hydrogen) atoms. The zero-order chi connectivity index (χ0) is 24.3. The Morgan fingerprint density at radius 3 is 2.64 bits per heavy atom. The molecule has 1 aromatic heterocycles. The number of hydrogen-bond donors (Lipinski definition) is 2. The average Bonchev–Trinajstić information content (AvgIpc) is 3.35. The van der Waals surface area contributed by atoms with Crippen molar-refractivity contribution in [2.75, 3.05) is 14.2 Å². The lowest BCUT2D eigenvalue weighted by Gasteiger charge is -2.17. The van der Waals surface area contributed by atoms with Gasteiger partial charge in [-0.3, -0.25) is 9.69 Å². The summed E-state index contributed by atoms with van der Waals surface area (Å²) in [4.78, 5) is 48.9. The predicted octanol–water partition coefficient (Wildman–Crippen LogP) is 2.78. The summed E-state index contributed by atoms with van der Waals surface area (Å²) >= 11 is 3.32. The fourth-order valence-corrected chi connectivity index (χ4v) is 3.36. The second-order valence-electron chi connectivity index (χ2n) is 6.76. The Morgan fingerprint density at radius 1 is 1.27 bits per heavy atom. The molecule has 174 valence electrons. The summed E-state index contributed by atoms with van der Waals surface area (Å²) in [6.45, 7) is 1.12. The van der Waals surface area contributed by atoms with E-state index >= 15 is 0 Å². The van der Waals surface area contributed by atoms with Gasteiger partial charge in [0, 0.05) is 10.0 Å². The number of carbonyl (C=O) groups is 4. The maximum atomic E-state index is 12.9. The van der Waals surface area contributed by atoms with Crippen LogP contribution in [0.15, 0.2) is 38.9 Å². The lowest BCUT2D eigenvalue weighted by Crippen LogP contribution is -2.30. The van der Waals surface area contributed by atoms with Crippen molar-refractivity contribution in [3.8, 4) is 11.5 Å². The van der Waals surface area contributed by atoms with Crippen molar-refractivity contribution in [1.82, 2.24) is 10.2 Å². The van der Waals surface area contributed by atoms with Gasteiger partial charge in [0.25, 0.3) is 5.91 Å². The summed E-state index contributed by atoms with van der Waals surface area (Å²) in [5.41, 5.74) is 0.221. The van der Waals surface area contributed by atoms with E-state index in [9.17, 15) is 24.3 Å². The predicted molar refractivity (Wildman–Crippen MR) is 116 cm³/mol. The Balaban J connectivity index is 1.91. The van der Waals surface area contributed by atoms with Gasteiger partial charge in [-0.15, -0.1) is 0 Å². The molecule has 1 aliphatic rings. The number of carboxylic acids is 1. The van der Waals surface area contributed by atoms with Gasteiger partial charge in [0.2, 0.25) is 5.76 Å². The highest BCUT2D eigenvalue weighted by atomic mass is 79.9. The molecule has 3 rings (SSSR count). The van der Waals surface area contributed by atoms with Crippen molar-refractivity contribution in [3.63, 3.8) is 0 Å². The maximum absolute atomic E-state index is 12.9. The van der Waals surface area contributed by atoms with E-state index in [2.05, 4.69) is 26.0 Å². The minimum atomic E-state index is -1.20. The molecule has 1 aliphatic heterocycles. The van der Waals surface area contributed by atoms with E-state index in [-0.39, 0.29) is 35.3 Å². The minimum Gasteiger partial charge on any atom is -0.493 e. The van der Waals surface area contributed by atoms with Gasteiger partial charge in [-0.1, -0.05) is 15.9 Å². The van der Waals surface area contributed by atoms with Crippen molar-refractivity contribution >= 4 is 45.9 Å². The number of nitrogens with zero attached hydrogens (tertiary/aromatic N) is 1. The van der Waals surface area contributed by atoms with Crippen LogP contribution in [0.4, 0.5) is 4.79 Å². The third kappa shape index (κ3) is 5.17. The van der Waals surface area contributed by atoms with Crippen molar-refractivity contribution in [2.24, 2.45) is 0 Å². The first-order chi connectivity index (χ1) is 15.6. The number of ether oxygens (including phenoxy) is 3. The highest BCUT2D eigenvalue weighted by Crippen LogP contribution is 2.37. The quantitative estimate of drug-likeness (QED) is 0.303. The smallest absolute Gasteiger partial charge is 0.373 e. The number of rotatable bonds is 8. The SMILES string of the molecule is COC(=O)c1ccc(CN2C(=O)N/C(=C\c3cc(Br)cc(OC)c3O[C@H](C)C(=O)O)C2=O)o1. The number of carbonyl (C=O) groups excluding carboxylic acids is 3. The summed E-state index contributed by atoms with van der Waals surface area (Å²) in [6, 6.07) is 5.27. The van der Waals surface area contributed by atoms with E-state index in [0.717, 1.165) is 4.90 Å². The van der Waals surface area contributed by atoms with Crippen LogP contribution in [-0.2, 0) is 20.9 Å². The van der Waals surface area contributed by atoms with Gasteiger partial charge >= 0.3 is 18.0 Å². The topological polar surface area (TPSA) is 145 Å².